The summed E-state index contributed by atoms with van der Waals surface area (Å²) in [4.78, 5) is 38.5. The van der Waals surface area contributed by atoms with Gasteiger partial charge < -0.3 is 14.8 Å². The maximum atomic E-state index is 11.9. The van der Waals surface area contributed by atoms with E-state index in [9.17, 15) is 19.7 Å². The molecule has 132 valence electrons. The fourth-order valence-electron chi connectivity index (χ4n) is 1.89. The van der Waals surface area contributed by atoms with Gasteiger partial charge in [0.25, 0.3) is 5.69 Å². The van der Waals surface area contributed by atoms with Crippen LogP contribution >= 0.6 is 11.3 Å². The Labute approximate surface area is 146 Å². The second-order valence-electron chi connectivity index (χ2n) is 4.54. The van der Waals surface area contributed by atoms with Crippen LogP contribution in [0.5, 0.6) is 0 Å². The molecule has 0 amide bonds. The fourth-order valence-corrected chi connectivity index (χ4v) is 2.81. The maximum Gasteiger partial charge on any atom is 0.347 e. The zero-order valence-electron chi connectivity index (χ0n) is 13.5. The summed E-state index contributed by atoms with van der Waals surface area (Å²) in [5.41, 5.74) is 0.0458. The first-order valence-corrected chi connectivity index (χ1v) is 8.14. The summed E-state index contributed by atoms with van der Waals surface area (Å²) in [5, 5.41) is 14.0. The van der Waals surface area contributed by atoms with Crippen molar-refractivity contribution in [3.63, 3.8) is 0 Å². The van der Waals surface area contributed by atoms with E-state index in [-0.39, 0.29) is 29.6 Å². The van der Waals surface area contributed by atoms with Gasteiger partial charge in [0.1, 0.15) is 4.70 Å². The summed E-state index contributed by atoms with van der Waals surface area (Å²) in [6, 6.07) is 4.54. The molecule has 0 fully saturated rings. The summed E-state index contributed by atoms with van der Waals surface area (Å²) in [5.74, 6) is -1.67. The number of carbonyl (C=O) groups excluding carboxylic acids is 2. The molecule has 0 atom stereocenters. The standard InChI is InChI=1S/C15H15N3O6S/c1-3-23-13(19)9(14(20)24-4-2)8-16-15-17-10-6-5-7-11(18(21)22)12(10)25-15/h5-8H,3-4H2,1-2H3,(H,16,17). The molecule has 1 N–H and O–H groups in total. The first-order chi connectivity index (χ1) is 12.0. The normalized spacial score (nSPS) is 10.2. The van der Waals surface area contributed by atoms with Crippen molar-refractivity contribution < 1.29 is 24.0 Å². The number of nitro benzene ring substituents is 1. The molecular formula is C15H15N3O6S. The number of rotatable bonds is 7. The number of hydrogen-bond donors (Lipinski definition) is 1. The molecule has 25 heavy (non-hydrogen) atoms. The Morgan fingerprint density at radius 3 is 2.48 bits per heavy atom. The Hall–Kier alpha value is -3.01. The van der Waals surface area contributed by atoms with Crippen LogP contribution in [0.3, 0.4) is 0 Å². The third kappa shape index (κ3) is 4.29. The average molecular weight is 365 g/mol. The van der Waals surface area contributed by atoms with E-state index in [2.05, 4.69) is 10.3 Å². The van der Waals surface area contributed by atoms with Crippen molar-refractivity contribution >= 4 is 44.3 Å². The maximum absolute atomic E-state index is 11.9. The lowest BCUT2D eigenvalue weighted by atomic mass is 10.3. The molecule has 0 bridgehead atoms. The molecule has 0 unspecified atom stereocenters. The lowest BCUT2D eigenvalue weighted by Crippen LogP contribution is -2.19. The molecule has 1 heterocycles. The monoisotopic (exact) mass is 365 g/mol. The van der Waals surface area contributed by atoms with Gasteiger partial charge in [-0.1, -0.05) is 17.4 Å². The van der Waals surface area contributed by atoms with Crippen LogP contribution in [-0.2, 0) is 19.1 Å². The van der Waals surface area contributed by atoms with Gasteiger partial charge in [0.2, 0.25) is 0 Å². The Bertz CT molecular complexity index is 825. The number of esters is 2. The third-order valence-corrected chi connectivity index (χ3v) is 3.95. The summed E-state index contributed by atoms with van der Waals surface area (Å²) in [7, 11) is 0. The molecule has 10 heteroatoms. The lowest BCUT2D eigenvalue weighted by Gasteiger charge is -2.06. The van der Waals surface area contributed by atoms with Crippen LogP contribution in [0.25, 0.3) is 10.2 Å². The molecule has 2 aromatic rings. The highest BCUT2D eigenvalue weighted by Crippen LogP contribution is 2.33. The van der Waals surface area contributed by atoms with E-state index in [0.29, 0.717) is 10.2 Å². The smallest absolute Gasteiger partial charge is 0.347 e. The Morgan fingerprint density at radius 2 is 1.92 bits per heavy atom. The van der Waals surface area contributed by atoms with E-state index in [1.54, 1.807) is 19.9 Å². The molecular weight excluding hydrogens is 350 g/mol. The minimum absolute atomic E-state index is 0.0666. The molecule has 0 aliphatic rings. The number of nitrogens with zero attached hydrogens (tertiary/aromatic N) is 2. The Balaban J connectivity index is 2.32. The summed E-state index contributed by atoms with van der Waals surface area (Å²) in [6.07, 6.45) is 1.12. The van der Waals surface area contributed by atoms with Crippen LogP contribution in [0.4, 0.5) is 10.8 Å². The number of fused-ring (bicyclic) bond motifs is 1. The molecule has 1 aromatic heterocycles. The van der Waals surface area contributed by atoms with Gasteiger partial charge >= 0.3 is 11.9 Å². The van der Waals surface area contributed by atoms with Gasteiger partial charge in [0.15, 0.2) is 10.7 Å². The van der Waals surface area contributed by atoms with Gasteiger partial charge in [-0.3, -0.25) is 10.1 Å². The summed E-state index contributed by atoms with van der Waals surface area (Å²) >= 11 is 1.03. The molecule has 0 saturated heterocycles. The van der Waals surface area contributed by atoms with Gasteiger partial charge in [-0.25, -0.2) is 14.6 Å². The number of ether oxygens (including phenoxy) is 2. The van der Waals surface area contributed by atoms with E-state index in [4.69, 9.17) is 9.47 Å². The van der Waals surface area contributed by atoms with E-state index >= 15 is 0 Å². The second-order valence-corrected chi connectivity index (χ2v) is 5.54. The third-order valence-electron chi connectivity index (χ3n) is 2.92. The Kier molecular flexibility index (Phi) is 6.01. The Morgan fingerprint density at radius 1 is 1.28 bits per heavy atom. The number of benzene rings is 1. The fraction of sp³-hybridized carbons (Fsp3) is 0.267. The van der Waals surface area contributed by atoms with Gasteiger partial charge in [-0.05, 0) is 19.9 Å². The van der Waals surface area contributed by atoms with Crippen molar-refractivity contribution in [3.05, 3.63) is 40.1 Å². The first-order valence-electron chi connectivity index (χ1n) is 7.32. The predicted octanol–water partition coefficient (Wildman–Crippen LogP) is 2.63. The van der Waals surface area contributed by atoms with Crippen LogP contribution in [0.15, 0.2) is 30.0 Å². The van der Waals surface area contributed by atoms with Crippen LogP contribution in [0.1, 0.15) is 13.8 Å². The molecule has 2 rings (SSSR count). The molecule has 9 nitrogen and oxygen atoms in total. The van der Waals surface area contributed by atoms with Crippen molar-refractivity contribution in [1.29, 1.82) is 0 Å². The van der Waals surface area contributed by atoms with Crippen LogP contribution in [0, 0.1) is 10.1 Å². The number of anilines is 1. The van der Waals surface area contributed by atoms with Crippen LogP contribution < -0.4 is 5.32 Å². The minimum Gasteiger partial charge on any atom is -0.462 e. The van der Waals surface area contributed by atoms with Gasteiger partial charge in [0, 0.05) is 12.3 Å². The quantitative estimate of drug-likeness (QED) is 0.198. The van der Waals surface area contributed by atoms with Crippen molar-refractivity contribution in [2.45, 2.75) is 13.8 Å². The van der Waals surface area contributed by atoms with Crippen LogP contribution in [-0.4, -0.2) is 35.1 Å². The van der Waals surface area contributed by atoms with E-state index in [0.717, 1.165) is 17.5 Å². The summed E-state index contributed by atoms with van der Waals surface area (Å²) in [6.45, 7) is 3.42. The largest absolute Gasteiger partial charge is 0.462 e. The number of aromatic nitrogens is 1. The number of carbonyl (C=O) groups is 2. The number of thiazole rings is 1. The molecule has 0 aliphatic heterocycles. The molecule has 0 radical (unpaired) electrons. The highest BCUT2D eigenvalue weighted by Gasteiger charge is 2.21. The zero-order valence-corrected chi connectivity index (χ0v) is 14.3. The SMILES string of the molecule is CCOC(=O)C(=CNc1nc2cccc([N+](=O)[O-])c2s1)C(=O)OCC. The second kappa shape index (κ2) is 8.20. The zero-order chi connectivity index (χ0) is 18.4. The van der Waals surface area contributed by atoms with Crippen molar-refractivity contribution in [2.24, 2.45) is 0 Å². The van der Waals surface area contributed by atoms with Gasteiger partial charge in [-0.2, -0.15) is 0 Å². The minimum atomic E-state index is -0.833. The molecule has 0 aliphatic carbocycles. The van der Waals surface area contributed by atoms with E-state index < -0.39 is 16.9 Å². The van der Waals surface area contributed by atoms with Crippen LogP contribution in [0.2, 0.25) is 0 Å². The molecule has 0 saturated carbocycles. The number of nitro groups is 1. The number of nitrogens with one attached hydrogen (secondary N) is 1. The van der Waals surface area contributed by atoms with Gasteiger partial charge in [0.05, 0.1) is 23.7 Å². The lowest BCUT2D eigenvalue weighted by molar-refractivity contribution is -0.382. The topological polar surface area (TPSA) is 121 Å². The number of hydrogen-bond acceptors (Lipinski definition) is 9. The van der Waals surface area contributed by atoms with E-state index in [1.165, 1.54) is 12.1 Å². The van der Waals surface area contributed by atoms with Crippen molar-refractivity contribution in [1.82, 2.24) is 4.98 Å². The number of non-ortho nitro benzene ring substituents is 1. The van der Waals surface area contributed by atoms with Gasteiger partial charge in [-0.15, -0.1) is 0 Å². The highest BCUT2D eigenvalue weighted by atomic mass is 32.1. The van der Waals surface area contributed by atoms with Crippen molar-refractivity contribution in [3.8, 4) is 0 Å². The highest BCUT2D eigenvalue weighted by molar-refractivity contribution is 7.22. The summed E-state index contributed by atoms with van der Waals surface area (Å²) < 4.78 is 10.0. The van der Waals surface area contributed by atoms with Crippen molar-refractivity contribution in [2.75, 3.05) is 18.5 Å². The molecule has 1 aromatic carbocycles. The van der Waals surface area contributed by atoms with E-state index in [1.807, 2.05) is 0 Å². The first kappa shape index (κ1) is 18.3. The molecule has 0 spiro atoms. The predicted molar refractivity (Wildman–Crippen MR) is 91.2 cm³/mol. The average Bonchev–Trinajstić information content (AvgIpc) is 2.98.